The third-order valence-corrected chi connectivity index (χ3v) is 4.05. The van der Waals surface area contributed by atoms with Gasteiger partial charge in [0.25, 0.3) is 0 Å². The van der Waals surface area contributed by atoms with Crippen LogP contribution in [0.1, 0.15) is 33.1 Å². The van der Waals surface area contributed by atoms with Crippen LogP contribution in [0.5, 0.6) is 0 Å². The van der Waals surface area contributed by atoms with E-state index in [1.165, 1.54) is 0 Å². The highest BCUT2D eigenvalue weighted by Crippen LogP contribution is 2.34. The number of nitrogens with zero attached hydrogens (tertiary/aromatic N) is 2. The summed E-state index contributed by atoms with van der Waals surface area (Å²) in [5, 5.41) is 9.35. The molecule has 0 aromatic carbocycles. The maximum Gasteiger partial charge on any atom is 0.311 e. The molecule has 0 radical (unpaired) electrons. The van der Waals surface area contributed by atoms with Crippen LogP contribution in [0.25, 0.3) is 0 Å². The van der Waals surface area contributed by atoms with Gasteiger partial charge in [-0.05, 0) is 18.5 Å². The van der Waals surface area contributed by atoms with Gasteiger partial charge in [-0.2, -0.15) is 0 Å². The predicted molar refractivity (Wildman–Crippen MR) is 71.5 cm³/mol. The standard InChI is InChI=1S/C14H22N2O3/c1-3-6-16-12-5-7-15(4-2)9-11(12)10(14(18)19)8-13(16)17/h10H,3-9H2,1-2H3,(H,18,19). The van der Waals surface area contributed by atoms with E-state index >= 15 is 0 Å². The lowest BCUT2D eigenvalue weighted by Crippen LogP contribution is -2.46. The topological polar surface area (TPSA) is 60.9 Å². The second kappa shape index (κ2) is 5.74. The van der Waals surface area contributed by atoms with Gasteiger partial charge in [0, 0.05) is 38.2 Å². The molecule has 0 bridgehead atoms. The van der Waals surface area contributed by atoms with E-state index in [9.17, 15) is 14.7 Å². The van der Waals surface area contributed by atoms with Crippen molar-refractivity contribution < 1.29 is 14.7 Å². The molecule has 1 amide bonds. The molecule has 0 fully saturated rings. The minimum Gasteiger partial charge on any atom is -0.481 e. The second-order valence-electron chi connectivity index (χ2n) is 5.23. The molecule has 106 valence electrons. The van der Waals surface area contributed by atoms with Crippen LogP contribution in [0.3, 0.4) is 0 Å². The second-order valence-corrected chi connectivity index (χ2v) is 5.23. The quantitative estimate of drug-likeness (QED) is 0.833. The predicted octanol–water partition coefficient (Wildman–Crippen LogP) is 1.31. The summed E-state index contributed by atoms with van der Waals surface area (Å²) >= 11 is 0. The molecule has 5 heteroatoms. The Morgan fingerprint density at radius 2 is 2.16 bits per heavy atom. The van der Waals surface area contributed by atoms with Gasteiger partial charge >= 0.3 is 5.97 Å². The Hall–Kier alpha value is -1.36. The van der Waals surface area contributed by atoms with E-state index in [1.54, 1.807) is 0 Å². The van der Waals surface area contributed by atoms with Crippen molar-refractivity contribution in [1.29, 1.82) is 0 Å². The number of likely N-dealkylation sites (N-methyl/N-ethyl adjacent to an activating group) is 1. The van der Waals surface area contributed by atoms with E-state index < -0.39 is 11.9 Å². The van der Waals surface area contributed by atoms with Gasteiger partial charge in [-0.1, -0.05) is 13.8 Å². The smallest absolute Gasteiger partial charge is 0.311 e. The molecule has 1 unspecified atom stereocenters. The summed E-state index contributed by atoms with van der Waals surface area (Å²) in [5.74, 6) is -1.52. The monoisotopic (exact) mass is 266 g/mol. The fraction of sp³-hybridized carbons (Fsp3) is 0.714. The van der Waals surface area contributed by atoms with Gasteiger partial charge in [-0.15, -0.1) is 0 Å². The van der Waals surface area contributed by atoms with Crippen molar-refractivity contribution in [3.63, 3.8) is 0 Å². The normalized spacial score (nSPS) is 24.6. The first-order valence-corrected chi connectivity index (χ1v) is 7.05. The number of carboxylic acid groups (broad SMARTS) is 1. The molecular formula is C14H22N2O3. The lowest BCUT2D eigenvalue weighted by atomic mass is 9.85. The van der Waals surface area contributed by atoms with Crippen molar-refractivity contribution in [3.05, 3.63) is 11.3 Å². The molecule has 1 atom stereocenters. The van der Waals surface area contributed by atoms with E-state index in [0.29, 0.717) is 13.1 Å². The van der Waals surface area contributed by atoms with E-state index in [0.717, 1.165) is 37.2 Å². The van der Waals surface area contributed by atoms with Crippen LogP contribution in [0.2, 0.25) is 0 Å². The number of amides is 1. The van der Waals surface area contributed by atoms with Crippen molar-refractivity contribution >= 4 is 11.9 Å². The van der Waals surface area contributed by atoms with Crippen LogP contribution in [-0.2, 0) is 9.59 Å². The van der Waals surface area contributed by atoms with Crippen LogP contribution in [-0.4, -0.2) is 53.0 Å². The van der Waals surface area contributed by atoms with Gasteiger partial charge in [0.15, 0.2) is 0 Å². The number of carboxylic acids is 1. The molecule has 2 aliphatic heterocycles. The maximum atomic E-state index is 12.1. The molecule has 0 aromatic heterocycles. The van der Waals surface area contributed by atoms with Gasteiger partial charge < -0.3 is 10.0 Å². The molecule has 1 N–H and O–H groups in total. The molecule has 0 spiro atoms. The number of hydrogen-bond acceptors (Lipinski definition) is 3. The highest BCUT2D eigenvalue weighted by Gasteiger charge is 2.38. The summed E-state index contributed by atoms with van der Waals surface area (Å²) < 4.78 is 0. The van der Waals surface area contributed by atoms with Crippen molar-refractivity contribution in [1.82, 2.24) is 9.80 Å². The average Bonchev–Trinajstić information content (AvgIpc) is 2.40. The molecule has 2 heterocycles. The Kier molecular flexibility index (Phi) is 4.24. The number of aliphatic carboxylic acids is 1. The number of carbonyl (C=O) groups excluding carboxylic acids is 1. The fourth-order valence-corrected chi connectivity index (χ4v) is 3.00. The zero-order valence-electron chi connectivity index (χ0n) is 11.7. The van der Waals surface area contributed by atoms with Crippen LogP contribution >= 0.6 is 0 Å². The van der Waals surface area contributed by atoms with Crippen LogP contribution in [0.4, 0.5) is 0 Å². The van der Waals surface area contributed by atoms with Crippen molar-refractivity contribution in [3.8, 4) is 0 Å². The molecule has 0 aliphatic carbocycles. The van der Waals surface area contributed by atoms with E-state index in [4.69, 9.17) is 0 Å². The summed E-state index contributed by atoms with van der Waals surface area (Å²) in [6.45, 7) is 7.35. The van der Waals surface area contributed by atoms with Gasteiger partial charge in [0.05, 0.1) is 5.92 Å². The molecule has 2 rings (SSSR count). The van der Waals surface area contributed by atoms with Crippen LogP contribution in [0.15, 0.2) is 11.3 Å². The SMILES string of the molecule is CCCN1C(=O)CC(C(=O)O)C2=C1CCN(CC)C2. The summed E-state index contributed by atoms with van der Waals surface area (Å²) in [6, 6.07) is 0. The third-order valence-electron chi connectivity index (χ3n) is 4.05. The van der Waals surface area contributed by atoms with Gasteiger partial charge in [0.1, 0.15) is 0 Å². The first-order valence-electron chi connectivity index (χ1n) is 7.05. The van der Waals surface area contributed by atoms with Crippen molar-refractivity contribution in [2.75, 3.05) is 26.2 Å². The Morgan fingerprint density at radius 3 is 2.74 bits per heavy atom. The first kappa shape index (κ1) is 14.1. The Morgan fingerprint density at radius 1 is 1.42 bits per heavy atom. The summed E-state index contributed by atoms with van der Waals surface area (Å²) in [5.41, 5.74) is 1.93. The lowest BCUT2D eigenvalue weighted by Gasteiger charge is -2.40. The minimum absolute atomic E-state index is 0.0297. The van der Waals surface area contributed by atoms with Crippen molar-refractivity contribution in [2.24, 2.45) is 5.92 Å². The summed E-state index contributed by atoms with van der Waals surface area (Å²) in [6.07, 6.45) is 1.81. The number of carbonyl (C=O) groups is 2. The Balaban J connectivity index is 2.35. The minimum atomic E-state index is -0.866. The van der Waals surface area contributed by atoms with E-state index in [1.807, 2.05) is 11.8 Å². The zero-order valence-corrected chi connectivity index (χ0v) is 11.7. The number of rotatable bonds is 4. The average molecular weight is 266 g/mol. The molecule has 0 aromatic rings. The van der Waals surface area contributed by atoms with Crippen molar-refractivity contribution in [2.45, 2.75) is 33.1 Å². The molecule has 19 heavy (non-hydrogen) atoms. The molecular weight excluding hydrogens is 244 g/mol. The third kappa shape index (κ3) is 2.66. The molecule has 0 saturated heterocycles. The summed E-state index contributed by atoms with van der Waals surface area (Å²) in [4.78, 5) is 27.6. The maximum absolute atomic E-state index is 12.1. The lowest BCUT2D eigenvalue weighted by molar-refractivity contribution is -0.145. The fourth-order valence-electron chi connectivity index (χ4n) is 3.00. The van der Waals surface area contributed by atoms with Gasteiger partial charge in [-0.25, -0.2) is 0 Å². The number of hydrogen-bond donors (Lipinski definition) is 1. The molecule has 2 aliphatic rings. The van der Waals surface area contributed by atoms with Crippen LogP contribution < -0.4 is 0 Å². The Labute approximate surface area is 113 Å². The summed E-state index contributed by atoms with van der Waals surface area (Å²) in [7, 11) is 0. The first-order chi connectivity index (χ1) is 9.08. The molecule has 0 saturated carbocycles. The molecule has 5 nitrogen and oxygen atoms in total. The largest absolute Gasteiger partial charge is 0.481 e. The van der Waals surface area contributed by atoms with E-state index in [-0.39, 0.29) is 12.3 Å². The van der Waals surface area contributed by atoms with Gasteiger partial charge in [-0.3, -0.25) is 14.5 Å². The van der Waals surface area contributed by atoms with Gasteiger partial charge in [0.2, 0.25) is 5.91 Å². The van der Waals surface area contributed by atoms with E-state index in [2.05, 4.69) is 11.8 Å². The Bertz CT molecular complexity index is 417. The highest BCUT2D eigenvalue weighted by atomic mass is 16.4. The zero-order chi connectivity index (χ0) is 14.0. The highest BCUT2D eigenvalue weighted by molar-refractivity contribution is 5.88. The van der Waals surface area contributed by atoms with Crippen LogP contribution in [0, 0.1) is 5.92 Å².